The van der Waals surface area contributed by atoms with Crippen LogP contribution in [-0.2, 0) is 14.4 Å². The van der Waals surface area contributed by atoms with Gasteiger partial charge in [-0.15, -0.1) is 40.0 Å². The number of ketones is 1. The number of aromatic carboxylic acids is 1. The number of fused-ring (bicyclic) bond motifs is 2. The number of carboxylic acid groups (broad SMARTS) is 2. The zero-order valence-corrected chi connectivity index (χ0v) is 21.6. The van der Waals surface area contributed by atoms with E-state index < -0.39 is 46.8 Å². The smallest absolute Gasteiger partial charge is 0.375 e. The van der Waals surface area contributed by atoms with Gasteiger partial charge in [0.15, 0.2) is 5.13 Å². The van der Waals surface area contributed by atoms with Crippen LogP contribution in [0.25, 0.3) is 5.78 Å². The van der Waals surface area contributed by atoms with E-state index in [1.54, 1.807) is 13.0 Å². The third kappa shape index (κ3) is 4.45. The number of thiazole rings is 1. The summed E-state index contributed by atoms with van der Waals surface area (Å²) in [6, 6.07) is 0.588. The normalized spacial score (nSPS) is 18.8. The lowest BCUT2D eigenvalue weighted by Gasteiger charge is -2.49. The fourth-order valence-corrected chi connectivity index (χ4v) is 6.80. The predicted molar refractivity (Wildman–Crippen MR) is 134 cm³/mol. The molecule has 5 rings (SSSR count). The van der Waals surface area contributed by atoms with Gasteiger partial charge in [-0.2, -0.15) is 4.98 Å². The second-order valence-electron chi connectivity index (χ2n) is 8.00. The number of nitrogens with two attached hydrogens (primary N) is 1. The van der Waals surface area contributed by atoms with Crippen molar-refractivity contribution in [2.45, 2.75) is 23.4 Å². The van der Waals surface area contributed by atoms with E-state index in [-0.39, 0.29) is 33.8 Å². The average Bonchev–Trinajstić information content (AvgIpc) is 3.51. The van der Waals surface area contributed by atoms with E-state index in [0.717, 1.165) is 16.2 Å². The van der Waals surface area contributed by atoms with Gasteiger partial charge in [0.2, 0.25) is 0 Å². The van der Waals surface area contributed by atoms with Crippen LogP contribution in [0.4, 0.5) is 5.13 Å². The number of nitrogen functional groups attached to an aromatic ring is 1. The highest BCUT2D eigenvalue weighted by molar-refractivity contribution is 8.01. The molecule has 2 aliphatic rings. The second kappa shape index (κ2) is 9.69. The predicted octanol–water partition coefficient (Wildman–Crippen LogP) is -0.117. The molecule has 196 valence electrons. The number of anilines is 1. The lowest BCUT2D eigenvalue weighted by Crippen LogP contribution is -2.71. The Hall–Kier alpha value is -4.03. The summed E-state index contributed by atoms with van der Waals surface area (Å²) in [4.78, 5) is 73.8. The van der Waals surface area contributed by atoms with Gasteiger partial charge in [-0.1, -0.05) is 0 Å². The molecule has 0 spiro atoms. The number of aromatic nitrogens is 5. The molecule has 5 N–H and O–H groups in total. The van der Waals surface area contributed by atoms with E-state index in [0.29, 0.717) is 16.3 Å². The number of nitrogens with zero attached hydrogens (tertiary/aromatic N) is 6. The van der Waals surface area contributed by atoms with Crippen LogP contribution in [0.3, 0.4) is 0 Å². The van der Waals surface area contributed by atoms with E-state index in [2.05, 4.69) is 25.4 Å². The first-order valence-electron chi connectivity index (χ1n) is 10.6. The van der Waals surface area contributed by atoms with Crippen LogP contribution in [0.15, 0.2) is 27.7 Å². The van der Waals surface area contributed by atoms with Gasteiger partial charge in [-0.25, -0.2) is 24.1 Å². The summed E-state index contributed by atoms with van der Waals surface area (Å²) in [6.45, 7) is 1.70. The molecule has 3 aromatic heterocycles. The topological polar surface area (TPSA) is 223 Å². The van der Waals surface area contributed by atoms with Crippen molar-refractivity contribution in [2.24, 2.45) is 0 Å². The maximum atomic E-state index is 12.8. The monoisotopic (exact) mass is 576 g/mol. The second-order valence-corrected chi connectivity index (χ2v) is 11.0. The zero-order valence-electron chi connectivity index (χ0n) is 19.1. The highest BCUT2D eigenvalue weighted by atomic mass is 32.2. The number of aliphatic carboxylic acids is 1. The summed E-state index contributed by atoms with van der Waals surface area (Å²) in [6.07, 6.45) is 0. The van der Waals surface area contributed by atoms with Crippen molar-refractivity contribution in [3.05, 3.63) is 39.9 Å². The number of carboxylic acids is 2. The number of carbonyl (C=O) groups excluding carboxylic acids is 3. The highest BCUT2D eigenvalue weighted by Crippen LogP contribution is 2.41. The molecule has 2 amide bonds. The molecular weight excluding hydrogens is 560 g/mol. The Bertz CT molecular complexity index is 1580. The van der Waals surface area contributed by atoms with Crippen molar-refractivity contribution in [2.75, 3.05) is 17.2 Å². The Morgan fingerprint density at radius 2 is 1.97 bits per heavy atom. The first-order valence-corrected chi connectivity index (χ1v) is 13.5. The zero-order chi connectivity index (χ0) is 27.3. The van der Waals surface area contributed by atoms with Gasteiger partial charge >= 0.3 is 11.9 Å². The van der Waals surface area contributed by atoms with Crippen LogP contribution >= 0.6 is 34.9 Å². The number of hydrogen-bond donors (Lipinski definition) is 4. The maximum absolute atomic E-state index is 12.8. The molecule has 2 aliphatic heterocycles. The minimum absolute atomic E-state index is 0.0850. The summed E-state index contributed by atoms with van der Waals surface area (Å²) in [5.41, 5.74) is 6.20. The SMILES string of the molecule is Cc1cc(SCC2=C(C(=O)O)N3C(=O)[C@@H](NC(=O)C(=O)c4csc(N)n4)[C@H]3SC2)nc2nc(C(=O)O)nn12. The number of hydrogen-bond acceptors (Lipinski definition) is 13. The molecule has 1 fully saturated rings. The Morgan fingerprint density at radius 3 is 2.63 bits per heavy atom. The minimum atomic E-state index is -1.30. The number of nitrogens with one attached hydrogen (secondary N) is 1. The number of Topliss-reactive ketones (excluding diaryl/α,β-unsaturated/α-hetero) is 1. The molecule has 0 aromatic carbocycles. The Morgan fingerprint density at radius 1 is 1.21 bits per heavy atom. The number of β-lactam (4-membered cyclic amide) rings is 1. The van der Waals surface area contributed by atoms with Gasteiger partial charge in [0, 0.05) is 22.6 Å². The first-order chi connectivity index (χ1) is 18.0. The summed E-state index contributed by atoms with van der Waals surface area (Å²) < 4.78 is 1.29. The number of aryl methyl sites for hydroxylation is 1. The Kier molecular flexibility index (Phi) is 6.53. The molecule has 38 heavy (non-hydrogen) atoms. The van der Waals surface area contributed by atoms with Gasteiger partial charge in [0.1, 0.15) is 27.8 Å². The molecule has 2 atom stereocenters. The Balaban J connectivity index is 1.31. The van der Waals surface area contributed by atoms with Gasteiger partial charge in [-0.05, 0) is 18.6 Å². The number of rotatable bonds is 8. The van der Waals surface area contributed by atoms with E-state index >= 15 is 0 Å². The van der Waals surface area contributed by atoms with Crippen LogP contribution in [0.1, 0.15) is 26.8 Å². The molecule has 0 unspecified atom stereocenters. The van der Waals surface area contributed by atoms with E-state index in [4.69, 9.17) is 10.8 Å². The van der Waals surface area contributed by atoms with Crippen molar-refractivity contribution in [3.63, 3.8) is 0 Å². The molecule has 0 bridgehead atoms. The Labute approximate surface area is 224 Å². The third-order valence-corrected chi connectivity index (χ3v) is 8.56. The first kappa shape index (κ1) is 25.6. The van der Waals surface area contributed by atoms with Gasteiger partial charge in [0.25, 0.3) is 29.2 Å². The lowest BCUT2D eigenvalue weighted by molar-refractivity contribution is -0.150. The molecule has 18 heteroatoms. The van der Waals surface area contributed by atoms with Gasteiger partial charge < -0.3 is 21.3 Å². The van der Waals surface area contributed by atoms with E-state index in [1.165, 1.54) is 33.4 Å². The lowest BCUT2D eigenvalue weighted by atomic mass is 10.0. The van der Waals surface area contributed by atoms with Crippen molar-refractivity contribution in [1.29, 1.82) is 0 Å². The minimum Gasteiger partial charge on any atom is -0.477 e. The van der Waals surface area contributed by atoms with Crippen LogP contribution in [0.2, 0.25) is 0 Å². The van der Waals surface area contributed by atoms with Crippen LogP contribution < -0.4 is 11.1 Å². The molecular formula is C20H16N8O7S3. The van der Waals surface area contributed by atoms with Crippen LogP contribution in [-0.4, -0.2) is 92.1 Å². The summed E-state index contributed by atoms with van der Waals surface area (Å²) in [5, 5.41) is 26.4. The van der Waals surface area contributed by atoms with Crippen molar-refractivity contribution in [1.82, 2.24) is 34.8 Å². The highest BCUT2D eigenvalue weighted by Gasteiger charge is 2.54. The molecule has 1 saturated heterocycles. The fraction of sp³-hybridized carbons (Fsp3) is 0.250. The van der Waals surface area contributed by atoms with Crippen molar-refractivity contribution in [3.8, 4) is 0 Å². The number of carbonyl (C=O) groups is 5. The number of thioether (sulfide) groups is 2. The van der Waals surface area contributed by atoms with Gasteiger partial charge in [0.05, 0.1) is 0 Å². The average molecular weight is 577 g/mol. The number of amides is 2. The summed E-state index contributed by atoms with van der Waals surface area (Å²) in [7, 11) is 0. The van der Waals surface area contributed by atoms with E-state index in [9.17, 15) is 29.1 Å². The third-order valence-electron chi connectivity index (χ3n) is 5.55. The standard InChI is InChI=1S/C20H16N8O7S3/c1-6-2-9(23-20-25-13(18(34)35)26-28(6)20)36-3-7-4-37-16-10(15(31)27(16)11(7)17(32)33)24-14(30)12(29)8-5-38-19(21)22-8/h2,5,10,16H,3-4H2,1H3,(H2,21,22)(H,24,30)(H,32,33)(H,34,35)/t10-,16-/m1/s1. The van der Waals surface area contributed by atoms with Gasteiger partial charge in [-0.3, -0.25) is 19.3 Å². The molecule has 0 saturated carbocycles. The summed E-state index contributed by atoms with van der Waals surface area (Å²) in [5.74, 6) is -5.12. The maximum Gasteiger partial charge on any atom is 0.375 e. The molecule has 0 aliphatic carbocycles. The quantitative estimate of drug-likeness (QED) is 0.0902. The van der Waals surface area contributed by atoms with Crippen LogP contribution in [0, 0.1) is 6.92 Å². The van der Waals surface area contributed by atoms with E-state index in [1.807, 2.05) is 0 Å². The van der Waals surface area contributed by atoms with Crippen molar-refractivity contribution >= 4 is 75.3 Å². The summed E-state index contributed by atoms with van der Waals surface area (Å²) >= 11 is 3.44. The van der Waals surface area contributed by atoms with Crippen LogP contribution in [0.5, 0.6) is 0 Å². The molecule has 5 heterocycles. The molecule has 15 nitrogen and oxygen atoms in total. The molecule has 3 aromatic rings. The molecule has 0 radical (unpaired) electrons. The van der Waals surface area contributed by atoms with Crippen molar-refractivity contribution < 1.29 is 34.2 Å². The largest absolute Gasteiger partial charge is 0.477 e. The fourth-order valence-electron chi connectivity index (χ4n) is 3.82.